The van der Waals surface area contributed by atoms with Crippen molar-refractivity contribution < 1.29 is 26.6 Å². The Kier molecular flexibility index (Phi) is 9.06. The van der Waals surface area contributed by atoms with E-state index in [9.17, 15) is 0 Å². The van der Waals surface area contributed by atoms with Crippen molar-refractivity contribution in [1.82, 2.24) is 0 Å². The first-order chi connectivity index (χ1) is 4.41. The summed E-state index contributed by atoms with van der Waals surface area (Å²) in [5.74, 6) is 0. The molecule has 0 bridgehead atoms. The van der Waals surface area contributed by atoms with Crippen molar-refractivity contribution in [2.45, 2.75) is 11.0 Å². The van der Waals surface area contributed by atoms with Crippen molar-refractivity contribution in [3.8, 4) is 0 Å². The number of ether oxygens (including phenoxy) is 2. The van der Waals surface area contributed by atoms with Gasteiger partial charge < -0.3 is 9.47 Å². The Morgan fingerprint density at radius 3 is 1.22 bits per heavy atom. The first kappa shape index (κ1) is 9.54. The van der Waals surface area contributed by atoms with E-state index in [1.165, 1.54) is 0 Å². The molecule has 0 aromatic heterocycles. The summed E-state index contributed by atoms with van der Waals surface area (Å²) >= 11 is 0.125. The van der Waals surface area contributed by atoms with Crippen LogP contribution in [0.4, 0.5) is 0 Å². The fourth-order valence-electron chi connectivity index (χ4n) is 0.440. The van der Waals surface area contributed by atoms with Crippen LogP contribution in [0.2, 0.25) is 11.0 Å². The Balaban J connectivity index is 0.000000187. The van der Waals surface area contributed by atoms with Crippen LogP contribution in [0.5, 0.6) is 0 Å². The van der Waals surface area contributed by atoms with Gasteiger partial charge in [-0.05, 0) is 0 Å². The number of hydrogen-bond donors (Lipinski definition) is 0. The monoisotopic (exact) mass is 182 g/mol. The molecule has 3 heteroatoms. The standard InChI is InChI=1S/C4H8O2.2CH3.Zn/c1-2-6-4-3-5-1;;;/h1-4H2;2*1H3;. The van der Waals surface area contributed by atoms with Crippen molar-refractivity contribution in [3.05, 3.63) is 0 Å². The number of hydrogen-bond acceptors (Lipinski definition) is 2. The molecule has 0 radical (unpaired) electrons. The van der Waals surface area contributed by atoms with E-state index in [0.717, 1.165) is 26.4 Å². The molecule has 0 aromatic rings. The second-order valence-corrected chi connectivity index (χ2v) is 4.90. The summed E-state index contributed by atoms with van der Waals surface area (Å²) in [5.41, 5.74) is 4.62. The zero-order valence-corrected chi connectivity index (χ0v) is 9.32. The van der Waals surface area contributed by atoms with Crippen molar-refractivity contribution in [2.75, 3.05) is 26.4 Å². The maximum atomic E-state index is 4.94. The molecule has 1 aliphatic heterocycles. The molecule has 1 aliphatic rings. The Morgan fingerprint density at radius 1 is 0.889 bits per heavy atom. The summed E-state index contributed by atoms with van der Waals surface area (Å²) in [6.45, 7) is 3.11. The van der Waals surface area contributed by atoms with Gasteiger partial charge in [0.2, 0.25) is 0 Å². The Morgan fingerprint density at radius 2 is 1.11 bits per heavy atom. The van der Waals surface area contributed by atoms with Crippen molar-refractivity contribution in [3.63, 3.8) is 0 Å². The molecule has 0 aliphatic carbocycles. The molecule has 52 valence electrons. The third-order valence-corrected chi connectivity index (χ3v) is 0.744. The maximum absolute atomic E-state index is 4.94. The van der Waals surface area contributed by atoms with E-state index in [1.54, 1.807) is 0 Å². The van der Waals surface area contributed by atoms with Gasteiger partial charge in [-0.25, -0.2) is 0 Å². The SMILES string of the molecule is C1COCCO1.[CH3][Zn][CH3]. The predicted octanol–water partition coefficient (Wildman–Crippen LogP) is 1.20. The van der Waals surface area contributed by atoms with E-state index >= 15 is 0 Å². The van der Waals surface area contributed by atoms with Gasteiger partial charge in [0.1, 0.15) is 0 Å². The van der Waals surface area contributed by atoms with Crippen LogP contribution in [0.15, 0.2) is 0 Å². The van der Waals surface area contributed by atoms with E-state index in [-0.39, 0.29) is 17.1 Å². The molecule has 9 heavy (non-hydrogen) atoms. The van der Waals surface area contributed by atoms with Gasteiger partial charge in [0.05, 0.1) is 26.4 Å². The minimum atomic E-state index is 0.125. The molecule has 0 spiro atoms. The van der Waals surface area contributed by atoms with Gasteiger partial charge in [-0.1, -0.05) is 0 Å². The molecule has 0 saturated carbocycles. The molecule has 1 fully saturated rings. The third kappa shape index (κ3) is 8.54. The summed E-state index contributed by atoms with van der Waals surface area (Å²) in [4.78, 5) is 0. The second-order valence-electron chi connectivity index (χ2n) is 1.93. The fourth-order valence-corrected chi connectivity index (χ4v) is 0.440. The van der Waals surface area contributed by atoms with Crippen molar-refractivity contribution in [1.29, 1.82) is 0 Å². The van der Waals surface area contributed by atoms with Gasteiger partial charge in [0.15, 0.2) is 0 Å². The van der Waals surface area contributed by atoms with Gasteiger partial charge in [-0.15, -0.1) is 0 Å². The van der Waals surface area contributed by atoms with Crippen LogP contribution >= 0.6 is 0 Å². The van der Waals surface area contributed by atoms with Crippen LogP contribution in [0.25, 0.3) is 0 Å². The molecule has 0 aromatic carbocycles. The molecule has 1 heterocycles. The zero-order chi connectivity index (χ0) is 6.95. The summed E-state index contributed by atoms with van der Waals surface area (Å²) < 4.78 is 9.89. The van der Waals surface area contributed by atoms with Crippen LogP contribution in [-0.4, -0.2) is 26.4 Å². The molecule has 0 unspecified atom stereocenters. The summed E-state index contributed by atoms with van der Waals surface area (Å²) in [5, 5.41) is 0. The van der Waals surface area contributed by atoms with Gasteiger partial charge in [-0.3, -0.25) is 0 Å². The Bertz CT molecular complexity index is 34.8. The molecule has 0 amide bonds. The van der Waals surface area contributed by atoms with Gasteiger partial charge in [-0.2, -0.15) is 0 Å². The Hall–Kier alpha value is 0.543. The van der Waals surface area contributed by atoms with Crippen molar-refractivity contribution in [2.24, 2.45) is 0 Å². The van der Waals surface area contributed by atoms with E-state index < -0.39 is 0 Å². The average molecular weight is 184 g/mol. The van der Waals surface area contributed by atoms with E-state index in [0.29, 0.717) is 0 Å². The second kappa shape index (κ2) is 8.54. The van der Waals surface area contributed by atoms with Crippen LogP contribution in [0.3, 0.4) is 0 Å². The molecule has 2 nitrogen and oxygen atoms in total. The van der Waals surface area contributed by atoms with Gasteiger partial charge >= 0.3 is 28.2 Å². The van der Waals surface area contributed by atoms with Crippen LogP contribution in [-0.2, 0) is 26.6 Å². The first-order valence-corrected chi connectivity index (χ1v) is 9.50. The molecule has 1 saturated heterocycles. The molecule has 0 atom stereocenters. The van der Waals surface area contributed by atoms with Gasteiger partial charge in [0.25, 0.3) is 0 Å². The molecular weight excluding hydrogens is 169 g/mol. The zero-order valence-electron chi connectivity index (χ0n) is 6.35. The van der Waals surface area contributed by atoms with Crippen LogP contribution in [0, 0.1) is 0 Å². The normalized spacial score (nSPS) is 17.1. The predicted molar refractivity (Wildman–Crippen MR) is 33.4 cm³/mol. The average Bonchev–Trinajstić information content (AvgIpc) is 1.93. The molecular formula is C6H14O2Zn. The Labute approximate surface area is 64.5 Å². The fraction of sp³-hybridized carbons (Fsp3) is 1.00. The summed E-state index contributed by atoms with van der Waals surface area (Å²) in [6.07, 6.45) is 0. The van der Waals surface area contributed by atoms with Crippen LogP contribution < -0.4 is 0 Å². The van der Waals surface area contributed by atoms with E-state index in [2.05, 4.69) is 11.0 Å². The first-order valence-electron chi connectivity index (χ1n) is 3.57. The van der Waals surface area contributed by atoms with Gasteiger partial charge in [0, 0.05) is 0 Å². The quantitative estimate of drug-likeness (QED) is 0.526. The number of rotatable bonds is 0. The summed E-state index contributed by atoms with van der Waals surface area (Å²) in [6, 6.07) is 0. The van der Waals surface area contributed by atoms with Crippen molar-refractivity contribution >= 4 is 0 Å². The van der Waals surface area contributed by atoms with E-state index in [4.69, 9.17) is 9.47 Å². The molecule has 1 rings (SSSR count). The van der Waals surface area contributed by atoms with E-state index in [1.807, 2.05) is 0 Å². The topological polar surface area (TPSA) is 18.5 Å². The minimum absolute atomic E-state index is 0.125. The molecule has 0 N–H and O–H groups in total. The van der Waals surface area contributed by atoms with Crippen LogP contribution in [0.1, 0.15) is 0 Å². The summed E-state index contributed by atoms with van der Waals surface area (Å²) in [7, 11) is 0. The third-order valence-electron chi connectivity index (χ3n) is 0.744.